The van der Waals surface area contributed by atoms with Gasteiger partial charge in [-0.05, 0) is 19.4 Å². The molecule has 0 saturated carbocycles. The van der Waals surface area contributed by atoms with Crippen molar-refractivity contribution in [2.75, 3.05) is 27.2 Å². The van der Waals surface area contributed by atoms with Crippen LogP contribution in [0.5, 0.6) is 0 Å². The minimum Gasteiger partial charge on any atom is -0.359 e. The number of nitrogens with one attached hydrogen (secondary N) is 2. The molecule has 1 heterocycles. The van der Waals surface area contributed by atoms with Crippen molar-refractivity contribution in [3.63, 3.8) is 0 Å². The summed E-state index contributed by atoms with van der Waals surface area (Å²) < 4.78 is 0. The molecule has 0 spiro atoms. The Bertz CT molecular complexity index is 243. The van der Waals surface area contributed by atoms with Crippen LogP contribution in [0.1, 0.15) is 19.3 Å². The second kappa shape index (κ2) is 5.70. The summed E-state index contributed by atoms with van der Waals surface area (Å²) in [5.41, 5.74) is 0. The molecule has 2 N–H and O–H groups in total. The summed E-state index contributed by atoms with van der Waals surface area (Å²) in [6.45, 7) is 1.55. The van der Waals surface area contributed by atoms with Crippen LogP contribution in [0.4, 0.5) is 0 Å². The molecule has 15 heavy (non-hydrogen) atoms. The van der Waals surface area contributed by atoms with E-state index in [1.807, 2.05) is 7.05 Å². The van der Waals surface area contributed by atoms with Crippen LogP contribution in [0, 0.1) is 0 Å². The maximum Gasteiger partial charge on any atom is 0.239 e. The lowest BCUT2D eigenvalue weighted by atomic mass is 10.2. The van der Waals surface area contributed by atoms with E-state index in [1.54, 1.807) is 11.9 Å². The van der Waals surface area contributed by atoms with Crippen molar-refractivity contribution in [1.29, 1.82) is 0 Å². The normalized spacial score (nSPS) is 20.8. The molecule has 0 aromatic heterocycles. The van der Waals surface area contributed by atoms with Gasteiger partial charge in [-0.25, -0.2) is 0 Å². The predicted octanol–water partition coefficient (Wildman–Crippen LogP) is -0.667. The van der Waals surface area contributed by atoms with E-state index in [9.17, 15) is 9.59 Å². The van der Waals surface area contributed by atoms with E-state index < -0.39 is 0 Å². The highest BCUT2D eigenvalue weighted by molar-refractivity contribution is 5.83. The minimum absolute atomic E-state index is 0.0420. The number of likely N-dealkylation sites (tertiary alicyclic amines) is 1. The van der Waals surface area contributed by atoms with E-state index in [2.05, 4.69) is 10.6 Å². The summed E-state index contributed by atoms with van der Waals surface area (Å²) >= 11 is 0. The molecule has 1 unspecified atom stereocenters. The summed E-state index contributed by atoms with van der Waals surface area (Å²) in [5.74, 6) is 0.210. The molecule has 1 rings (SSSR count). The Labute approximate surface area is 90.2 Å². The second-order valence-electron chi connectivity index (χ2n) is 3.83. The Hall–Kier alpha value is -1.10. The van der Waals surface area contributed by atoms with Crippen LogP contribution in [-0.2, 0) is 9.59 Å². The highest BCUT2D eigenvalue weighted by Crippen LogP contribution is 2.08. The van der Waals surface area contributed by atoms with Crippen LogP contribution in [0.3, 0.4) is 0 Å². The summed E-state index contributed by atoms with van der Waals surface area (Å²) in [5, 5.41) is 5.74. The van der Waals surface area contributed by atoms with E-state index >= 15 is 0 Å². The molecule has 0 aromatic carbocycles. The summed E-state index contributed by atoms with van der Waals surface area (Å²) in [4.78, 5) is 24.1. The molecule has 0 aromatic rings. The third-order valence-electron chi connectivity index (χ3n) is 2.68. The van der Waals surface area contributed by atoms with Crippen molar-refractivity contribution in [2.24, 2.45) is 0 Å². The standard InChI is InChI=1S/C10H19N3O2/c1-11-9(14)4-3-6-12-8-5-7-13(2)10(8)15/h8,12H,3-7H2,1-2H3,(H,11,14). The second-order valence-corrected chi connectivity index (χ2v) is 3.83. The molecule has 2 amide bonds. The number of carbonyl (C=O) groups excluding carboxylic acids is 2. The molecule has 1 saturated heterocycles. The quantitative estimate of drug-likeness (QED) is 0.596. The van der Waals surface area contributed by atoms with Gasteiger partial charge < -0.3 is 15.5 Å². The van der Waals surface area contributed by atoms with Gasteiger partial charge in [0, 0.05) is 27.1 Å². The number of likely N-dealkylation sites (N-methyl/N-ethyl adjacent to an activating group) is 1. The minimum atomic E-state index is -0.0420. The Morgan fingerprint density at radius 1 is 1.60 bits per heavy atom. The number of carbonyl (C=O) groups is 2. The van der Waals surface area contributed by atoms with Crippen molar-refractivity contribution in [3.05, 3.63) is 0 Å². The molecule has 1 atom stereocenters. The fourth-order valence-electron chi connectivity index (χ4n) is 1.66. The van der Waals surface area contributed by atoms with Crippen molar-refractivity contribution in [2.45, 2.75) is 25.3 Å². The molecular formula is C10H19N3O2. The summed E-state index contributed by atoms with van der Waals surface area (Å²) in [6.07, 6.45) is 2.16. The van der Waals surface area contributed by atoms with E-state index in [0.717, 1.165) is 25.9 Å². The van der Waals surface area contributed by atoms with Gasteiger partial charge in [0.1, 0.15) is 0 Å². The molecule has 86 valence electrons. The van der Waals surface area contributed by atoms with Gasteiger partial charge in [-0.15, -0.1) is 0 Å². The first-order chi connectivity index (χ1) is 7.15. The zero-order chi connectivity index (χ0) is 11.3. The van der Waals surface area contributed by atoms with Gasteiger partial charge in [-0.1, -0.05) is 0 Å². The number of nitrogens with zero attached hydrogens (tertiary/aromatic N) is 1. The lowest BCUT2D eigenvalue weighted by molar-refractivity contribution is -0.128. The van der Waals surface area contributed by atoms with E-state index in [-0.39, 0.29) is 17.9 Å². The maximum atomic E-state index is 11.5. The molecule has 5 heteroatoms. The lowest BCUT2D eigenvalue weighted by Gasteiger charge is -2.11. The predicted molar refractivity (Wildman–Crippen MR) is 57.3 cm³/mol. The molecule has 1 aliphatic rings. The van der Waals surface area contributed by atoms with Crippen molar-refractivity contribution >= 4 is 11.8 Å². The van der Waals surface area contributed by atoms with Crippen LogP contribution in [0.15, 0.2) is 0 Å². The average Bonchev–Trinajstić information content (AvgIpc) is 2.55. The Morgan fingerprint density at radius 3 is 2.87 bits per heavy atom. The van der Waals surface area contributed by atoms with E-state index in [0.29, 0.717) is 6.42 Å². The topological polar surface area (TPSA) is 61.4 Å². The van der Waals surface area contributed by atoms with Gasteiger partial charge in [0.2, 0.25) is 11.8 Å². The molecule has 0 aliphatic carbocycles. The van der Waals surface area contributed by atoms with Crippen LogP contribution < -0.4 is 10.6 Å². The first-order valence-electron chi connectivity index (χ1n) is 5.34. The molecule has 1 fully saturated rings. The van der Waals surface area contributed by atoms with Crippen LogP contribution in [0.2, 0.25) is 0 Å². The van der Waals surface area contributed by atoms with E-state index in [4.69, 9.17) is 0 Å². The number of amides is 2. The van der Waals surface area contributed by atoms with E-state index in [1.165, 1.54) is 0 Å². The van der Waals surface area contributed by atoms with Crippen molar-refractivity contribution in [1.82, 2.24) is 15.5 Å². The smallest absolute Gasteiger partial charge is 0.239 e. The van der Waals surface area contributed by atoms with Gasteiger partial charge >= 0.3 is 0 Å². The monoisotopic (exact) mass is 213 g/mol. The Morgan fingerprint density at radius 2 is 2.33 bits per heavy atom. The van der Waals surface area contributed by atoms with Gasteiger partial charge in [0.15, 0.2) is 0 Å². The third kappa shape index (κ3) is 3.51. The van der Waals surface area contributed by atoms with Crippen molar-refractivity contribution in [3.8, 4) is 0 Å². The average molecular weight is 213 g/mol. The number of hydrogen-bond donors (Lipinski definition) is 2. The van der Waals surface area contributed by atoms with Crippen LogP contribution in [-0.4, -0.2) is 49.9 Å². The fraction of sp³-hybridized carbons (Fsp3) is 0.800. The van der Waals surface area contributed by atoms with Gasteiger partial charge in [-0.3, -0.25) is 9.59 Å². The zero-order valence-electron chi connectivity index (χ0n) is 9.38. The van der Waals surface area contributed by atoms with Gasteiger partial charge in [-0.2, -0.15) is 0 Å². The summed E-state index contributed by atoms with van der Waals surface area (Å²) in [7, 11) is 3.44. The van der Waals surface area contributed by atoms with Crippen LogP contribution in [0.25, 0.3) is 0 Å². The first kappa shape index (κ1) is 12.0. The molecule has 1 aliphatic heterocycles. The van der Waals surface area contributed by atoms with Gasteiger partial charge in [0.25, 0.3) is 0 Å². The molecular weight excluding hydrogens is 194 g/mol. The largest absolute Gasteiger partial charge is 0.359 e. The molecule has 0 radical (unpaired) electrons. The number of hydrogen-bond acceptors (Lipinski definition) is 3. The van der Waals surface area contributed by atoms with Crippen molar-refractivity contribution < 1.29 is 9.59 Å². The highest BCUT2D eigenvalue weighted by Gasteiger charge is 2.27. The van der Waals surface area contributed by atoms with Gasteiger partial charge in [0.05, 0.1) is 6.04 Å². The van der Waals surface area contributed by atoms with Crippen LogP contribution >= 0.6 is 0 Å². The molecule has 5 nitrogen and oxygen atoms in total. The molecule has 0 bridgehead atoms. The lowest BCUT2D eigenvalue weighted by Crippen LogP contribution is -2.37. The third-order valence-corrected chi connectivity index (χ3v) is 2.68. The SMILES string of the molecule is CNC(=O)CCCNC1CCN(C)C1=O. The Kier molecular flexibility index (Phi) is 4.55. The maximum absolute atomic E-state index is 11.5. The Balaban J connectivity index is 2.11. The highest BCUT2D eigenvalue weighted by atomic mass is 16.2. The number of rotatable bonds is 5. The first-order valence-corrected chi connectivity index (χ1v) is 5.34. The summed E-state index contributed by atoms with van der Waals surface area (Å²) in [6, 6.07) is -0.0420. The zero-order valence-corrected chi connectivity index (χ0v) is 9.38. The fourth-order valence-corrected chi connectivity index (χ4v) is 1.66.